The van der Waals surface area contributed by atoms with Crippen LogP contribution in [0.5, 0.6) is 5.75 Å². The van der Waals surface area contributed by atoms with Gasteiger partial charge in [0, 0.05) is 25.3 Å². The minimum atomic E-state index is -0.441. The van der Waals surface area contributed by atoms with Crippen molar-refractivity contribution >= 4 is 11.4 Å². The fourth-order valence-electron chi connectivity index (χ4n) is 1.93. The third kappa shape index (κ3) is 4.59. The Bertz CT molecular complexity index is 393. The lowest BCUT2D eigenvalue weighted by Gasteiger charge is -2.20. The fourth-order valence-corrected chi connectivity index (χ4v) is 1.93. The molecule has 0 bridgehead atoms. The summed E-state index contributed by atoms with van der Waals surface area (Å²) in [4.78, 5) is 0. The average Bonchev–Trinajstić information content (AvgIpc) is 2.36. The maximum atomic E-state index is 13.6. The molecule has 0 saturated carbocycles. The Kier molecular flexibility index (Phi) is 6.42. The van der Waals surface area contributed by atoms with Gasteiger partial charge >= 0.3 is 0 Å². The van der Waals surface area contributed by atoms with Gasteiger partial charge in [0.1, 0.15) is 0 Å². The highest BCUT2D eigenvalue weighted by molar-refractivity contribution is 5.69. The normalized spacial score (nSPS) is 12.2. The second-order valence-electron chi connectivity index (χ2n) is 4.39. The van der Waals surface area contributed by atoms with Gasteiger partial charge in [-0.2, -0.15) is 0 Å². The second kappa shape index (κ2) is 7.84. The van der Waals surface area contributed by atoms with Gasteiger partial charge in [-0.05, 0) is 13.3 Å². The standard InChI is InChI=1S/C14H23FN2O2/c1-4-6-10(9-18-3)17-13-8-14(19-5-2)11(15)7-12(13)16/h7-8,10,17H,4-6,9,16H2,1-3H3. The number of nitrogen functional groups attached to an aromatic ring is 1. The highest BCUT2D eigenvalue weighted by Crippen LogP contribution is 2.29. The van der Waals surface area contributed by atoms with Gasteiger partial charge < -0.3 is 20.5 Å². The van der Waals surface area contributed by atoms with Crippen LogP contribution in [0.1, 0.15) is 26.7 Å². The maximum Gasteiger partial charge on any atom is 0.167 e. The summed E-state index contributed by atoms with van der Waals surface area (Å²) in [6.45, 7) is 4.91. The summed E-state index contributed by atoms with van der Waals surface area (Å²) < 4.78 is 24.0. The molecule has 1 aromatic carbocycles. The number of benzene rings is 1. The van der Waals surface area contributed by atoms with Crippen molar-refractivity contribution in [1.82, 2.24) is 0 Å². The van der Waals surface area contributed by atoms with Crippen molar-refractivity contribution in [1.29, 1.82) is 0 Å². The molecule has 3 N–H and O–H groups in total. The van der Waals surface area contributed by atoms with E-state index in [1.807, 2.05) is 6.92 Å². The van der Waals surface area contributed by atoms with Crippen LogP contribution in [0.3, 0.4) is 0 Å². The zero-order valence-electron chi connectivity index (χ0n) is 11.8. The number of hydrogen-bond donors (Lipinski definition) is 2. The van der Waals surface area contributed by atoms with E-state index in [1.165, 1.54) is 6.07 Å². The third-order valence-electron chi connectivity index (χ3n) is 2.77. The summed E-state index contributed by atoms with van der Waals surface area (Å²) in [6.07, 6.45) is 1.98. The van der Waals surface area contributed by atoms with Crippen LogP contribution in [0.25, 0.3) is 0 Å². The summed E-state index contributed by atoms with van der Waals surface area (Å²) in [5.74, 6) is -0.226. The molecule has 0 aliphatic heterocycles. The molecule has 19 heavy (non-hydrogen) atoms. The van der Waals surface area contributed by atoms with Gasteiger partial charge in [0.25, 0.3) is 0 Å². The number of rotatable bonds is 8. The summed E-state index contributed by atoms with van der Waals surface area (Å²) in [5, 5.41) is 3.28. The van der Waals surface area contributed by atoms with Gasteiger partial charge in [0.2, 0.25) is 0 Å². The van der Waals surface area contributed by atoms with Crippen LogP contribution >= 0.6 is 0 Å². The Morgan fingerprint density at radius 1 is 1.37 bits per heavy atom. The number of ether oxygens (including phenoxy) is 2. The predicted molar refractivity (Wildman–Crippen MR) is 76.2 cm³/mol. The zero-order chi connectivity index (χ0) is 14.3. The van der Waals surface area contributed by atoms with E-state index in [0.717, 1.165) is 12.8 Å². The van der Waals surface area contributed by atoms with E-state index in [-0.39, 0.29) is 11.8 Å². The van der Waals surface area contributed by atoms with Crippen molar-refractivity contribution in [3.63, 3.8) is 0 Å². The van der Waals surface area contributed by atoms with Crippen LogP contribution in [0.4, 0.5) is 15.8 Å². The monoisotopic (exact) mass is 270 g/mol. The molecular formula is C14H23FN2O2. The largest absolute Gasteiger partial charge is 0.491 e. The zero-order valence-corrected chi connectivity index (χ0v) is 11.8. The Labute approximate surface area is 114 Å². The highest BCUT2D eigenvalue weighted by Gasteiger charge is 2.13. The lowest BCUT2D eigenvalue weighted by Crippen LogP contribution is -2.25. The first-order chi connectivity index (χ1) is 9.12. The van der Waals surface area contributed by atoms with E-state index in [0.29, 0.717) is 24.6 Å². The van der Waals surface area contributed by atoms with E-state index in [1.54, 1.807) is 13.2 Å². The second-order valence-corrected chi connectivity index (χ2v) is 4.39. The first-order valence-corrected chi connectivity index (χ1v) is 6.59. The first-order valence-electron chi connectivity index (χ1n) is 6.59. The third-order valence-corrected chi connectivity index (χ3v) is 2.77. The van der Waals surface area contributed by atoms with E-state index in [2.05, 4.69) is 12.2 Å². The number of anilines is 2. The van der Waals surface area contributed by atoms with Crippen molar-refractivity contribution in [2.24, 2.45) is 0 Å². The van der Waals surface area contributed by atoms with Gasteiger partial charge in [-0.15, -0.1) is 0 Å². The molecule has 1 atom stereocenters. The van der Waals surface area contributed by atoms with E-state index in [9.17, 15) is 4.39 Å². The molecule has 0 amide bonds. The number of nitrogens with two attached hydrogens (primary N) is 1. The minimum absolute atomic E-state index is 0.150. The van der Waals surface area contributed by atoms with Crippen LogP contribution in [0.15, 0.2) is 12.1 Å². The van der Waals surface area contributed by atoms with Crippen molar-refractivity contribution in [3.8, 4) is 5.75 Å². The predicted octanol–water partition coefficient (Wildman–Crippen LogP) is 3.03. The molecule has 1 rings (SSSR count). The highest BCUT2D eigenvalue weighted by atomic mass is 19.1. The topological polar surface area (TPSA) is 56.5 Å². The minimum Gasteiger partial charge on any atom is -0.491 e. The Hall–Kier alpha value is -1.49. The molecule has 4 nitrogen and oxygen atoms in total. The lowest BCUT2D eigenvalue weighted by atomic mass is 10.1. The summed E-state index contributed by atoms with van der Waals surface area (Å²) in [7, 11) is 1.66. The van der Waals surface area contributed by atoms with Crippen LogP contribution in [-0.2, 0) is 4.74 Å². The van der Waals surface area contributed by atoms with Gasteiger partial charge in [-0.1, -0.05) is 13.3 Å². The molecule has 1 unspecified atom stereocenters. The molecule has 0 radical (unpaired) electrons. The molecule has 5 heteroatoms. The van der Waals surface area contributed by atoms with Gasteiger partial charge in [-0.25, -0.2) is 4.39 Å². The van der Waals surface area contributed by atoms with E-state index < -0.39 is 5.82 Å². The molecule has 0 fully saturated rings. The molecule has 1 aromatic rings. The Morgan fingerprint density at radius 2 is 2.11 bits per heavy atom. The number of methoxy groups -OCH3 is 1. The van der Waals surface area contributed by atoms with E-state index in [4.69, 9.17) is 15.2 Å². The molecule has 108 valence electrons. The van der Waals surface area contributed by atoms with Crippen LogP contribution < -0.4 is 15.8 Å². The van der Waals surface area contributed by atoms with Crippen LogP contribution in [0.2, 0.25) is 0 Å². The van der Waals surface area contributed by atoms with Crippen molar-refractivity contribution in [2.75, 3.05) is 31.4 Å². The van der Waals surface area contributed by atoms with E-state index >= 15 is 0 Å². The first kappa shape index (κ1) is 15.6. The molecular weight excluding hydrogens is 247 g/mol. The molecule has 0 aromatic heterocycles. The summed E-state index contributed by atoms with van der Waals surface area (Å²) >= 11 is 0. The van der Waals surface area contributed by atoms with Crippen molar-refractivity contribution in [2.45, 2.75) is 32.7 Å². The Morgan fingerprint density at radius 3 is 2.68 bits per heavy atom. The van der Waals surface area contributed by atoms with Gasteiger partial charge in [-0.3, -0.25) is 0 Å². The van der Waals surface area contributed by atoms with Crippen LogP contribution in [0, 0.1) is 5.82 Å². The van der Waals surface area contributed by atoms with Crippen LogP contribution in [-0.4, -0.2) is 26.4 Å². The number of halogens is 1. The Balaban J connectivity index is 2.88. The summed E-state index contributed by atoms with van der Waals surface area (Å²) in [5.41, 5.74) is 6.88. The molecule has 0 spiro atoms. The SMILES string of the molecule is CCCC(COC)Nc1cc(OCC)c(F)cc1N. The number of hydrogen-bond acceptors (Lipinski definition) is 4. The molecule has 0 heterocycles. The fraction of sp³-hybridized carbons (Fsp3) is 0.571. The van der Waals surface area contributed by atoms with Crippen molar-refractivity contribution < 1.29 is 13.9 Å². The van der Waals surface area contributed by atoms with Gasteiger partial charge in [0.05, 0.1) is 24.6 Å². The lowest BCUT2D eigenvalue weighted by molar-refractivity contribution is 0.182. The van der Waals surface area contributed by atoms with Crippen molar-refractivity contribution in [3.05, 3.63) is 17.9 Å². The summed E-state index contributed by atoms with van der Waals surface area (Å²) in [6, 6.07) is 3.03. The van der Waals surface area contributed by atoms with Gasteiger partial charge in [0.15, 0.2) is 11.6 Å². The molecule has 0 aliphatic carbocycles. The molecule has 0 saturated heterocycles. The maximum absolute atomic E-state index is 13.6. The quantitative estimate of drug-likeness (QED) is 0.713. The number of nitrogens with one attached hydrogen (secondary N) is 1. The smallest absolute Gasteiger partial charge is 0.167 e. The molecule has 0 aliphatic rings. The average molecular weight is 270 g/mol.